The zero-order valence-electron chi connectivity index (χ0n) is 9.65. The van der Waals surface area contributed by atoms with Crippen molar-refractivity contribution < 1.29 is 10.0 Å². The molecule has 1 rings (SSSR count). The van der Waals surface area contributed by atoms with Crippen LogP contribution in [0.15, 0.2) is 23.4 Å². The first-order valence-corrected chi connectivity index (χ1v) is 5.98. The van der Waals surface area contributed by atoms with E-state index in [4.69, 9.17) is 34.1 Å². The summed E-state index contributed by atoms with van der Waals surface area (Å²) in [6.07, 6.45) is 0.420. The van der Waals surface area contributed by atoms with Gasteiger partial charge in [0.1, 0.15) is 0 Å². The van der Waals surface area contributed by atoms with Gasteiger partial charge in [0.2, 0.25) is 5.91 Å². The van der Waals surface area contributed by atoms with Crippen LogP contribution in [0.1, 0.15) is 13.3 Å². The highest BCUT2D eigenvalue weighted by Gasteiger charge is 2.21. The van der Waals surface area contributed by atoms with Gasteiger partial charge in [0.05, 0.1) is 16.0 Å². The van der Waals surface area contributed by atoms with Crippen LogP contribution in [0.25, 0.3) is 0 Å². The quantitative estimate of drug-likeness (QED) is 0.345. The molecule has 1 atom stereocenters. The topological polar surface area (TPSA) is 87.7 Å². The summed E-state index contributed by atoms with van der Waals surface area (Å²) in [5.41, 5.74) is 5.93. The number of carbonyl (C=O) groups is 1. The van der Waals surface area contributed by atoms with E-state index in [9.17, 15) is 4.79 Å². The number of nitrogens with two attached hydrogens (primary N) is 1. The molecule has 5 nitrogen and oxygen atoms in total. The molecular weight excluding hydrogens is 277 g/mol. The first-order chi connectivity index (χ1) is 8.49. The molecule has 4 N–H and O–H groups in total. The molecule has 0 saturated heterocycles. The number of hydrogen-bond donors (Lipinski definition) is 3. The van der Waals surface area contributed by atoms with Crippen molar-refractivity contribution >= 4 is 40.6 Å². The van der Waals surface area contributed by atoms with Crippen molar-refractivity contribution in [3.63, 3.8) is 0 Å². The van der Waals surface area contributed by atoms with E-state index in [2.05, 4.69) is 10.5 Å². The molecule has 0 heterocycles. The predicted molar refractivity (Wildman–Crippen MR) is 72.3 cm³/mol. The lowest BCUT2D eigenvalue weighted by Crippen LogP contribution is -2.34. The number of rotatable bonds is 4. The molecule has 7 heteroatoms. The summed E-state index contributed by atoms with van der Waals surface area (Å²) in [5, 5.41) is 14.8. The Hall–Kier alpha value is -1.46. The van der Waals surface area contributed by atoms with Crippen molar-refractivity contribution in [2.75, 3.05) is 5.32 Å². The van der Waals surface area contributed by atoms with Gasteiger partial charge in [-0.2, -0.15) is 0 Å². The molecule has 1 aromatic rings. The largest absolute Gasteiger partial charge is 0.409 e. The zero-order chi connectivity index (χ0) is 13.7. The fraction of sp³-hybridized carbons (Fsp3) is 0.273. The van der Waals surface area contributed by atoms with Gasteiger partial charge < -0.3 is 16.3 Å². The van der Waals surface area contributed by atoms with E-state index < -0.39 is 5.92 Å². The fourth-order valence-corrected chi connectivity index (χ4v) is 1.70. The van der Waals surface area contributed by atoms with Crippen molar-refractivity contribution in [2.45, 2.75) is 13.3 Å². The molecule has 0 radical (unpaired) electrons. The SMILES string of the molecule is CCC(C(=O)Nc1ccc(Cl)c(Cl)c1)C(N)=NO. The van der Waals surface area contributed by atoms with Crippen LogP contribution in [0, 0.1) is 5.92 Å². The highest BCUT2D eigenvalue weighted by molar-refractivity contribution is 6.42. The van der Waals surface area contributed by atoms with E-state index in [0.717, 1.165) is 0 Å². The van der Waals surface area contributed by atoms with Gasteiger partial charge in [-0.3, -0.25) is 4.79 Å². The van der Waals surface area contributed by atoms with Gasteiger partial charge in [-0.15, -0.1) is 0 Å². The summed E-state index contributed by atoms with van der Waals surface area (Å²) in [6.45, 7) is 1.76. The molecule has 0 aromatic heterocycles. The predicted octanol–water partition coefficient (Wildman–Crippen LogP) is 2.70. The van der Waals surface area contributed by atoms with Gasteiger partial charge in [-0.05, 0) is 24.6 Å². The maximum atomic E-state index is 11.9. The Kier molecular flexibility index (Phi) is 5.25. The summed E-state index contributed by atoms with van der Waals surface area (Å²) in [6, 6.07) is 4.72. The van der Waals surface area contributed by atoms with Crippen LogP contribution in [-0.4, -0.2) is 17.0 Å². The van der Waals surface area contributed by atoms with E-state index in [0.29, 0.717) is 22.2 Å². The molecule has 1 aromatic carbocycles. The second-order valence-corrected chi connectivity index (χ2v) is 4.42. The average molecular weight is 290 g/mol. The van der Waals surface area contributed by atoms with Crippen molar-refractivity contribution in [1.82, 2.24) is 0 Å². The Morgan fingerprint density at radius 2 is 2.17 bits per heavy atom. The Bertz CT molecular complexity index is 477. The Morgan fingerprint density at radius 3 is 2.67 bits per heavy atom. The lowest BCUT2D eigenvalue weighted by atomic mass is 10.0. The maximum absolute atomic E-state index is 11.9. The third-order valence-electron chi connectivity index (χ3n) is 2.38. The van der Waals surface area contributed by atoms with Crippen LogP contribution >= 0.6 is 23.2 Å². The van der Waals surface area contributed by atoms with Crippen LogP contribution < -0.4 is 11.1 Å². The first-order valence-electron chi connectivity index (χ1n) is 5.23. The average Bonchev–Trinajstić information content (AvgIpc) is 2.34. The summed E-state index contributed by atoms with van der Waals surface area (Å²) < 4.78 is 0. The molecule has 0 bridgehead atoms. The van der Waals surface area contributed by atoms with Crippen LogP contribution in [-0.2, 0) is 4.79 Å². The van der Waals surface area contributed by atoms with E-state index in [1.54, 1.807) is 19.1 Å². The zero-order valence-corrected chi connectivity index (χ0v) is 11.2. The lowest BCUT2D eigenvalue weighted by Gasteiger charge is -2.13. The van der Waals surface area contributed by atoms with E-state index in [-0.39, 0.29) is 11.7 Å². The van der Waals surface area contributed by atoms with Crippen LogP contribution in [0.4, 0.5) is 5.69 Å². The minimum absolute atomic E-state index is 0.130. The van der Waals surface area contributed by atoms with Gasteiger partial charge >= 0.3 is 0 Å². The van der Waals surface area contributed by atoms with Crippen LogP contribution in [0.3, 0.4) is 0 Å². The number of nitrogens with one attached hydrogen (secondary N) is 1. The smallest absolute Gasteiger partial charge is 0.235 e. The van der Waals surface area contributed by atoms with E-state index >= 15 is 0 Å². The third kappa shape index (κ3) is 3.51. The monoisotopic (exact) mass is 289 g/mol. The number of oxime groups is 1. The van der Waals surface area contributed by atoms with E-state index in [1.807, 2.05) is 0 Å². The third-order valence-corrected chi connectivity index (χ3v) is 3.12. The standard InChI is InChI=1S/C11H13Cl2N3O2/c1-2-7(10(14)16-18)11(17)15-6-3-4-8(12)9(13)5-6/h3-5,7,18H,2H2,1H3,(H2,14,16)(H,15,17). The van der Waals surface area contributed by atoms with Crippen molar-refractivity contribution in [1.29, 1.82) is 0 Å². The molecule has 1 amide bonds. The number of hydrogen-bond acceptors (Lipinski definition) is 3. The van der Waals surface area contributed by atoms with Crippen molar-refractivity contribution in [2.24, 2.45) is 16.8 Å². The van der Waals surface area contributed by atoms with Gasteiger partial charge in [-0.25, -0.2) is 0 Å². The Morgan fingerprint density at radius 1 is 1.50 bits per heavy atom. The van der Waals surface area contributed by atoms with Gasteiger partial charge in [-0.1, -0.05) is 35.3 Å². The number of anilines is 1. The number of nitrogens with zero attached hydrogens (tertiary/aromatic N) is 1. The minimum atomic E-state index is -0.690. The number of amides is 1. The Labute approximate surface area is 115 Å². The van der Waals surface area contributed by atoms with Crippen molar-refractivity contribution in [3.05, 3.63) is 28.2 Å². The Balaban J connectivity index is 2.83. The maximum Gasteiger partial charge on any atom is 0.235 e. The number of benzene rings is 1. The minimum Gasteiger partial charge on any atom is -0.409 e. The van der Waals surface area contributed by atoms with Gasteiger partial charge in [0, 0.05) is 5.69 Å². The van der Waals surface area contributed by atoms with Crippen LogP contribution in [0.5, 0.6) is 0 Å². The summed E-state index contributed by atoms with van der Waals surface area (Å²) in [4.78, 5) is 11.9. The summed E-state index contributed by atoms with van der Waals surface area (Å²) in [7, 11) is 0. The second kappa shape index (κ2) is 6.47. The molecule has 0 aliphatic rings. The van der Waals surface area contributed by atoms with Gasteiger partial charge in [0.25, 0.3) is 0 Å². The van der Waals surface area contributed by atoms with Crippen molar-refractivity contribution in [3.8, 4) is 0 Å². The number of halogens is 2. The van der Waals surface area contributed by atoms with E-state index in [1.165, 1.54) is 6.07 Å². The summed E-state index contributed by atoms with van der Waals surface area (Å²) >= 11 is 11.6. The molecule has 0 spiro atoms. The number of amidine groups is 1. The second-order valence-electron chi connectivity index (χ2n) is 3.60. The normalized spacial score (nSPS) is 13.2. The first kappa shape index (κ1) is 14.6. The number of carbonyl (C=O) groups excluding carboxylic acids is 1. The fourth-order valence-electron chi connectivity index (χ4n) is 1.40. The molecule has 0 aliphatic heterocycles. The lowest BCUT2D eigenvalue weighted by molar-refractivity contribution is -0.118. The highest BCUT2D eigenvalue weighted by atomic mass is 35.5. The summed E-state index contributed by atoms with van der Waals surface area (Å²) in [5.74, 6) is -1.19. The molecule has 0 fully saturated rings. The molecule has 1 unspecified atom stereocenters. The molecule has 0 saturated carbocycles. The highest BCUT2D eigenvalue weighted by Crippen LogP contribution is 2.25. The molecular formula is C11H13Cl2N3O2. The molecule has 18 heavy (non-hydrogen) atoms. The molecule has 0 aliphatic carbocycles. The molecule has 98 valence electrons. The van der Waals surface area contributed by atoms with Crippen LogP contribution in [0.2, 0.25) is 10.0 Å². The van der Waals surface area contributed by atoms with Gasteiger partial charge in [0.15, 0.2) is 5.84 Å².